The van der Waals surface area contributed by atoms with Gasteiger partial charge >= 0.3 is 0 Å². The van der Waals surface area contributed by atoms with Gasteiger partial charge in [-0.25, -0.2) is 0 Å². The minimum Gasteiger partial charge on any atom is -0.493 e. The second-order valence-electron chi connectivity index (χ2n) is 4.65. The molecule has 1 heterocycles. The summed E-state index contributed by atoms with van der Waals surface area (Å²) in [5.74, 6) is 0.469. The zero-order valence-electron chi connectivity index (χ0n) is 11.0. The van der Waals surface area contributed by atoms with Crippen LogP contribution in [-0.2, 0) is 0 Å². The molecule has 1 unspecified atom stereocenters. The average Bonchev–Trinajstić information content (AvgIpc) is 2.90. The Hall–Kier alpha value is -1.26. The molecule has 1 saturated heterocycles. The third kappa shape index (κ3) is 3.85. The fraction of sp³-hybridized carbons (Fsp3) is 0.500. The molecule has 5 heteroatoms. The van der Waals surface area contributed by atoms with Crippen LogP contribution in [0.15, 0.2) is 18.2 Å². The monoisotopic (exact) mass is 282 g/mol. The van der Waals surface area contributed by atoms with Gasteiger partial charge in [-0.3, -0.25) is 4.79 Å². The number of hydrogen-bond donors (Lipinski definition) is 2. The van der Waals surface area contributed by atoms with Gasteiger partial charge in [0.05, 0.1) is 12.2 Å². The van der Waals surface area contributed by atoms with Crippen LogP contribution in [0.1, 0.15) is 30.1 Å². The summed E-state index contributed by atoms with van der Waals surface area (Å²) in [6.45, 7) is 4.38. The highest BCUT2D eigenvalue weighted by molar-refractivity contribution is 6.31. The van der Waals surface area contributed by atoms with Crippen molar-refractivity contribution in [2.75, 3.05) is 19.7 Å². The largest absolute Gasteiger partial charge is 0.493 e. The maximum atomic E-state index is 12.3. The molecule has 2 rings (SSSR count). The van der Waals surface area contributed by atoms with Crippen molar-refractivity contribution in [3.05, 3.63) is 28.8 Å². The quantitative estimate of drug-likeness (QED) is 0.871. The second-order valence-corrected chi connectivity index (χ2v) is 5.09. The molecule has 0 aliphatic carbocycles. The van der Waals surface area contributed by atoms with Crippen LogP contribution in [-0.4, -0.2) is 31.6 Å². The van der Waals surface area contributed by atoms with Crippen molar-refractivity contribution in [3.63, 3.8) is 0 Å². The molecule has 19 heavy (non-hydrogen) atoms. The third-order valence-electron chi connectivity index (χ3n) is 3.04. The number of carbonyl (C=O) groups excluding carboxylic acids is 1. The van der Waals surface area contributed by atoms with Gasteiger partial charge in [0.1, 0.15) is 5.75 Å². The van der Waals surface area contributed by atoms with Crippen molar-refractivity contribution in [3.8, 4) is 5.75 Å². The van der Waals surface area contributed by atoms with Gasteiger partial charge in [0.2, 0.25) is 0 Å². The molecule has 1 fully saturated rings. The number of benzene rings is 1. The molecule has 2 N–H and O–H groups in total. The van der Waals surface area contributed by atoms with Crippen LogP contribution < -0.4 is 15.4 Å². The summed E-state index contributed by atoms with van der Waals surface area (Å²) in [5.41, 5.74) is 0.507. The number of ether oxygens (including phenoxy) is 1. The number of amides is 1. The van der Waals surface area contributed by atoms with Gasteiger partial charge < -0.3 is 15.4 Å². The predicted molar refractivity (Wildman–Crippen MR) is 76.0 cm³/mol. The summed E-state index contributed by atoms with van der Waals surface area (Å²) in [6, 6.07) is 5.33. The summed E-state index contributed by atoms with van der Waals surface area (Å²) in [7, 11) is 0. The molecule has 0 aromatic heterocycles. The number of halogens is 1. The second kappa shape index (κ2) is 6.78. The Morgan fingerprint density at radius 2 is 2.42 bits per heavy atom. The zero-order valence-corrected chi connectivity index (χ0v) is 11.8. The fourth-order valence-corrected chi connectivity index (χ4v) is 2.23. The van der Waals surface area contributed by atoms with Crippen LogP contribution in [0.5, 0.6) is 5.75 Å². The van der Waals surface area contributed by atoms with Crippen molar-refractivity contribution in [2.45, 2.75) is 25.8 Å². The first-order valence-corrected chi connectivity index (χ1v) is 7.02. The highest BCUT2D eigenvalue weighted by atomic mass is 35.5. The van der Waals surface area contributed by atoms with Gasteiger partial charge in [0.25, 0.3) is 5.91 Å². The SMILES string of the molecule is CCCOc1ccc(Cl)cc1C(=O)NC1CCNC1. The Morgan fingerprint density at radius 3 is 3.11 bits per heavy atom. The Balaban J connectivity index is 2.11. The van der Waals surface area contributed by atoms with E-state index in [-0.39, 0.29) is 11.9 Å². The number of rotatable bonds is 5. The van der Waals surface area contributed by atoms with Crippen LogP contribution in [0.2, 0.25) is 5.02 Å². The lowest BCUT2D eigenvalue weighted by molar-refractivity contribution is 0.0936. The van der Waals surface area contributed by atoms with Crippen LogP contribution in [0.25, 0.3) is 0 Å². The lowest BCUT2D eigenvalue weighted by Crippen LogP contribution is -2.36. The van der Waals surface area contributed by atoms with E-state index in [0.29, 0.717) is 22.9 Å². The predicted octanol–water partition coefficient (Wildman–Crippen LogP) is 2.22. The van der Waals surface area contributed by atoms with E-state index >= 15 is 0 Å². The summed E-state index contributed by atoms with van der Waals surface area (Å²) >= 11 is 5.96. The summed E-state index contributed by atoms with van der Waals surface area (Å²) < 4.78 is 5.59. The van der Waals surface area contributed by atoms with Gasteiger partial charge in [-0.2, -0.15) is 0 Å². The molecular formula is C14H19ClN2O2. The lowest BCUT2D eigenvalue weighted by atomic mass is 10.1. The molecule has 0 spiro atoms. The van der Waals surface area contributed by atoms with Gasteiger partial charge in [-0.1, -0.05) is 18.5 Å². The lowest BCUT2D eigenvalue weighted by Gasteiger charge is -2.14. The molecule has 0 bridgehead atoms. The topological polar surface area (TPSA) is 50.4 Å². The van der Waals surface area contributed by atoms with Crippen LogP contribution in [0.3, 0.4) is 0 Å². The van der Waals surface area contributed by atoms with E-state index in [9.17, 15) is 4.79 Å². The highest BCUT2D eigenvalue weighted by Gasteiger charge is 2.20. The molecule has 1 aromatic rings. The minimum atomic E-state index is -0.123. The zero-order chi connectivity index (χ0) is 13.7. The van der Waals surface area contributed by atoms with E-state index in [1.807, 2.05) is 6.92 Å². The number of hydrogen-bond acceptors (Lipinski definition) is 3. The van der Waals surface area contributed by atoms with Crippen LogP contribution in [0, 0.1) is 0 Å². The summed E-state index contributed by atoms with van der Waals surface area (Å²) in [6.07, 6.45) is 1.85. The van der Waals surface area contributed by atoms with Gasteiger partial charge in [0, 0.05) is 17.6 Å². The van der Waals surface area contributed by atoms with E-state index in [0.717, 1.165) is 25.9 Å². The smallest absolute Gasteiger partial charge is 0.255 e. The van der Waals surface area contributed by atoms with E-state index in [1.165, 1.54) is 0 Å². The van der Waals surface area contributed by atoms with Crippen molar-refractivity contribution in [1.82, 2.24) is 10.6 Å². The van der Waals surface area contributed by atoms with Gasteiger partial charge in [-0.05, 0) is 37.6 Å². The Bertz CT molecular complexity index is 445. The molecular weight excluding hydrogens is 264 g/mol. The van der Waals surface area contributed by atoms with E-state index < -0.39 is 0 Å². The van der Waals surface area contributed by atoms with E-state index in [4.69, 9.17) is 16.3 Å². The molecule has 1 aromatic carbocycles. The van der Waals surface area contributed by atoms with Gasteiger partial charge in [-0.15, -0.1) is 0 Å². The molecule has 1 atom stereocenters. The molecule has 1 aliphatic heterocycles. The van der Waals surface area contributed by atoms with E-state index in [1.54, 1.807) is 18.2 Å². The Morgan fingerprint density at radius 1 is 1.58 bits per heavy atom. The molecule has 0 radical (unpaired) electrons. The highest BCUT2D eigenvalue weighted by Crippen LogP contribution is 2.23. The molecule has 0 saturated carbocycles. The average molecular weight is 283 g/mol. The first kappa shape index (κ1) is 14.2. The maximum Gasteiger partial charge on any atom is 0.255 e. The summed E-state index contributed by atoms with van der Waals surface area (Å²) in [5, 5.41) is 6.76. The maximum absolute atomic E-state index is 12.3. The standard InChI is InChI=1S/C14H19ClN2O2/c1-2-7-19-13-4-3-10(15)8-12(13)14(18)17-11-5-6-16-9-11/h3-4,8,11,16H,2,5-7,9H2,1H3,(H,17,18). The number of nitrogens with one attached hydrogen (secondary N) is 2. The third-order valence-corrected chi connectivity index (χ3v) is 3.28. The van der Waals surface area contributed by atoms with Crippen molar-refractivity contribution < 1.29 is 9.53 Å². The number of carbonyl (C=O) groups is 1. The van der Waals surface area contributed by atoms with Gasteiger partial charge in [0.15, 0.2) is 0 Å². The molecule has 1 aliphatic rings. The van der Waals surface area contributed by atoms with Crippen molar-refractivity contribution in [2.24, 2.45) is 0 Å². The summed E-state index contributed by atoms with van der Waals surface area (Å²) in [4.78, 5) is 12.3. The minimum absolute atomic E-state index is 0.123. The van der Waals surface area contributed by atoms with Crippen LogP contribution >= 0.6 is 11.6 Å². The van der Waals surface area contributed by atoms with E-state index in [2.05, 4.69) is 10.6 Å². The first-order valence-electron chi connectivity index (χ1n) is 6.64. The van der Waals surface area contributed by atoms with Crippen LogP contribution in [0.4, 0.5) is 0 Å². The molecule has 104 valence electrons. The Labute approximate surface area is 118 Å². The first-order chi connectivity index (χ1) is 9.20. The molecule has 1 amide bonds. The molecule has 4 nitrogen and oxygen atoms in total. The fourth-order valence-electron chi connectivity index (χ4n) is 2.06. The normalized spacial score (nSPS) is 18.3. The van der Waals surface area contributed by atoms with Crippen molar-refractivity contribution in [1.29, 1.82) is 0 Å². The Kier molecular flexibility index (Phi) is 5.05. The van der Waals surface area contributed by atoms with Crippen molar-refractivity contribution >= 4 is 17.5 Å².